The fourth-order valence-corrected chi connectivity index (χ4v) is 3.57. The third kappa shape index (κ3) is 2.56. The summed E-state index contributed by atoms with van der Waals surface area (Å²) in [5, 5.41) is 8.87. The number of carboxylic acid groups (broad SMARTS) is 1. The van der Waals surface area contributed by atoms with Crippen molar-refractivity contribution in [1.82, 2.24) is 4.31 Å². The highest BCUT2D eigenvalue weighted by atomic mass is 32.2. The first-order valence-electron chi connectivity index (χ1n) is 5.39. The van der Waals surface area contributed by atoms with Crippen molar-refractivity contribution in [3.05, 3.63) is 29.8 Å². The smallest absolute Gasteiger partial charge is 0.335 e. The molecule has 92 valence electrons. The largest absolute Gasteiger partial charge is 0.478 e. The normalized spacial score (nSPS) is 20.6. The van der Waals surface area contributed by atoms with Gasteiger partial charge in [-0.1, -0.05) is 19.9 Å². The summed E-state index contributed by atoms with van der Waals surface area (Å²) < 4.78 is 14.0. The Balaban J connectivity index is 2.15. The van der Waals surface area contributed by atoms with E-state index in [-0.39, 0.29) is 11.0 Å². The molecular formula is C12H15NO3S. The lowest BCUT2D eigenvalue weighted by molar-refractivity contribution is 0.0696. The predicted molar refractivity (Wildman–Crippen MR) is 65.2 cm³/mol. The zero-order valence-corrected chi connectivity index (χ0v) is 10.7. The fourth-order valence-electron chi connectivity index (χ4n) is 1.91. The number of carbonyl (C=O) groups is 1. The van der Waals surface area contributed by atoms with Gasteiger partial charge in [0.2, 0.25) is 0 Å². The molecule has 0 aromatic heterocycles. The topological polar surface area (TPSA) is 57.6 Å². The standard InChI is InChI=1S/C12H15NO3S/c1-12(2)7-13(8-12)17(16)10-5-3-4-9(6-10)11(14)15/h3-6H,7-8H2,1-2H3,(H,14,15). The SMILES string of the molecule is CC1(C)CN(S(=O)c2cccc(C(=O)O)c2)C1. The van der Waals surface area contributed by atoms with Crippen molar-refractivity contribution in [2.75, 3.05) is 13.1 Å². The highest BCUT2D eigenvalue weighted by Crippen LogP contribution is 2.31. The van der Waals surface area contributed by atoms with Crippen molar-refractivity contribution >= 4 is 17.0 Å². The Hall–Kier alpha value is -1.20. The van der Waals surface area contributed by atoms with Crippen LogP contribution in [0.3, 0.4) is 0 Å². The second kappa shape index (κ2) is 4.23. The van der Waals surface area contributed by atoms with Crippen molar-refractivity contribution < 1.29 is 14.1 Å². The number of hydrogen-bond acceptors (Lipinski definition) is 2. The van der Waals surface area contributed by atoms with Gasteiger partial charge in [-0.2, -0.15) is 0 Å². The first-order valence-corrected chi connectivity index (χ1v) is 6.50. The van der Waals surface area contributed by atoms with Crippen LogP contribution in [0.5, 0.6) is 0 Å². The van der Waals surface area contributed by atoms with Gasteiger partial charge in [0.05, 0.1) is 10.5 Å². The summed E-state index contributed by atoms with van der Waals surface area (Å²) in [6.45, 7) is 5.79. The molecule has 0 radical (unpaired) electrons. The first kappa shape index (κ1) is 12.3. The Morgan fingerprint density at radius 1 is 1.41 bits per heavy atom. The van der Waals surface area contributed by atoms with Gasteiger partial charge in [0.25, 0.3) is 0 Å². The van der Waals surface area contributed by atoms with Crippen LogP contribution in [0.25, 0.3) is 0 Å². The maximum atomic E-state index is 12.1. The van der Waals surface area contributed by atoms with Crippen LogP contribution in [0.2, 0.25) is 0 Å². The number of carboxylic acids is 1. The van der Waals surface area contributed by atoms with Crippen LogP contribution in [0.1, 0.15) is 24.2 Å². The number of nitrogens with zero attached hydrogens (tertiary/aromatic N) is 1. The molecule has 5 heteroatoms. The lowest BCUT2D eigenvalue weighted by atomic mass is 9.87. The van der Waals surface area contributed by atoms with Crippen molar-refractivity contribution in [2.45, 2.75) is 18.7 Å². The molecule has 0 saturated carbocycles. The molecule has 4 nitrogen and oxygen atoms in total. The summed E-state index contributed by atoms with van der Waals surface area (Å²) >= 11 is 0. The van der Waals surface area contributed by atoms with E-state index in [0.29, 0.717) is 4.90 Å². The van der Waals surface area contributed by atoms with E-state index in [4.69, 9.17) is 5.11 Å². The van der Waals surface area contributed by atoms with Crippen molar-refractivity contribution in [2.24, 2.45) is 5.41 Å². The number of benzene rings is 1. The molecule has 0 amide bonds. The summed E-state index contributed by atoms with van der Waals surface area (Å²) in [6, 6.07) is 6.31. The molecule has 1 atom stereocenters. The van der Waals surface area contributed by atoms with Crippen LogP contribution in [0, 0.1) is 5.41 Å². The molecule has 1 unspecified atom stereocenters. The van der Waals surface area contributed by atoms with Gasteiger partial charge in [-0.15, -0.1) is 0 Å². The van der Waals surface area contributed by atoms with E-state index in [1.165, 1.54) is 12.1 Å². The van der Waals surface area contributed by atoms with Gasteiger partial charge >= 0.3 is 5.97 Å². The van der Waals surface area contributed by atoms with E-state index in [2.05, 4.69) is 13.8 Å². The quantitative estimate of drug-likeness (QED) is 0.892. The molecule has 1 N–H and O–H groups in total. The molecule has 1 fully saturated rings. The minimum absolute atomic E-state index is 0.177. The summed E-state index contributed by atoms with van der Waals surface area (Å²) in [4.78, 5) is 11.4. The zero-order chi connectivity index (χ0) is 12.6. The molecule has 1 aromatic carbocycles. The van der Waals surface area contributed by atoms with Gasteiger partial charge in [0.1, 0.15) is 11.0 Å². The molecule has 1 aromatic rings. The summed E-state index contributed by atoms with van der Waals surface area (Å²) in [7, 11) is -1.24. The van der Waals surface area contributed by atoms with Gasteiger partial charge in [-0.25, -0.2) is 13.3 Å². The Kier molecular flexibility index (Phi) is 3.05. The van der Waals surface area contributed by atoms with Crippen LogP contribution < -0.4 is 0 Å². The fraction of sp³-hybridized carbons (Fsp3) is 0.417. The van der Waals surface area contributed by atoms with Crippen LogP contribution >= 0.6 is 0 Å². The molecule has 1 aliphatic heterocycles. The molecule has 0 spiro atoms. The molecule has 1 saturated heterocycles. The monoisotopic (exact) mass is 253 g/mol. The minimum atomic E-state index is -1.24. The molecular weight excluding hydrogens is 238 g/mol. The predicted octanol–water partition coefficient (Wildman–Crippen LogP) is 1.75. The molecule has 1 heterocycles. The van der Waals surface area contributed by atoms with Gasteiger partial charge in [0.15, 0.2) is 0 Å². The van der Waals surface area contributed by atoms with Crippen LogP contribution in [0.15, 0.2) is 29.2 Å². The zero-order valence-electron chi connectivity index (χ0n) is 9.84. The minimum Gasteiger partial charge on any atom is -0.478 e. The highest BCUT2D eigenvalue weighted by molar-refractivity contribution is 7.82. The second-order valence-electron chi connectivity index (χ2n) is 5.04. The van der Waals surface area contributed by atoms with Gasteiger partial charge in [-0.3, -0.25) is 0 Å². The third-order valence-electron chi connectivity index (χ3n) is 2.73. The summed E-state index contributed by atoms with van der Waals surface area (Å²) in [5.41, 5.74) is 0.385. The van der Waals surface area contributed by atoms with E-state index in [1.54, 1.807) is 12.1 Å². The summed E-state index contributed by atoms with van der Waals surface area (Å²) in [5.74, 6) is -0.993. The Morgan fingerprint density at radius 2 is 2.06 bits per heavy atom. The third-order valence-corrected chi connectivity index (χ3v) is 4.11. The Morgan fingerprint density at radius 3 is 2.59 bits per heavy atom. The lowest BCUT2D eigenvalue weighted by Crippen LogP contribution is -2.53. The Labute approximate surface area is 103 Å². The second-order valence-corrected chi connectivity index (χ2v) is 6.53. The van der Waals surface area contributed by atoms with Crippen molar-refractivity contribution in [3.8, 4) is 0 Å². The van der Waals surface area contributed by atoms with Crippen molar-refractivity contribution in [1.29, 1.82) is 0 Å². The number of hydrogen-bond donors (Lipinski definition) is 1. The van der Waals surface area contributed by atoms with Gasteiger partial charge in [-0.05, 0) is 23.6 Å². The van der Waals surface area contributed by atoms with Gasteiger partial charge in [0, 0.05) is 13.1 Å². The molecule has 17 heavy (non-hydrogen) atoms. The maximum Gasteiger partial charge on any atom is 0.335 e. The average molecular weight is 253 g/mol. The lowest BCUT2D eigenvalue weighted by Gasteiger charge is -2.44. The highest BCUT2D eigenvalue weighted by Gasteiger charge is 2.37. The molecule has 0 bridgehead atoms. The first-order chi connectivity index (χ1) is 7.89. The molecule has 0 aliphatic carbocycles. The Bertz CT molecular complexity index is 476. The van der Waals surface area contributed by atoms with Crippen LogP contribution in [-0.2, 0) is 11.0 Å². The summed E-state index contributed by atoms with van der Waals surface area (Å²) in [6.07, 6.45) is 0. The van der Waals surface area contributed by atoms with Crippen molar-refractivity contribution in [3.63, 3.8) is 0 Å². The van der Waals surface area contributed by atoms with Crippen LogP contribution in [-0.4, -0.2) is 32.7 Å². The van der Waals surface area contributed by atoms with Crippen LogP contribution in [0.4, 0.5) is 0 Å². The van der Waals surface area contributed by atoms with Gasteiger partial charge < -0.3 is 5.11 Å². The molecule has 2 rings (SSSR count). The van der Waals surface area contributed by atoms with E-state index in [1.807, 2.05) is 4.31 Å². The average Bonchev–Trinajstić information content (AvgIpc) is 2.25. The van der Waals surface area contributed by atoms with E-state index >= 15 is 0 Å². The molecule has 1 aliphatic rings. The number of aromatic carboxylic acids is 1. The van der Waals surface area contributed by atoms with E-state index in [9.17, 15) is 9.00 Å². The number of rotatable bonds is 3. The maximum absolute atomic E-state index is 12.1. The van der Waals surface area contributed by atoms with E-state index < -0.39 is 17.0 Å². The van der Waals surface area contributed by atoms with E-state index in [0.717, 1.165) is 13.1 Å².